The maximum Gasteiger partial charge on any atom is 0.258 e. The van der Waals surface area contributed by atoms with Crippen LogP contribution in [0.2, 0.25) is 0 Å². The molecule has 1 aliphatic heterocycles. The van der Waals surface area contributed by atoms with Gasteiger partial charge in [-0.25, -0.2) is 8.78 Å². The van der Waals surface area contributed by atoms with Gasteiger partial charge in [0.15, 0.2) is 0 Å². The van der Waals surface area contributed by atoms with Crippen molar-refractivity contribution in [3.05, 3.63) is 65.7 Å². The Hall–Kier alpha value is -2.41. The maximum atomic E-state index is 14.2. The molecule has 2 aromatic rings. The quantitative estimate of drug-likeness (QED) is 0.796. The molecule has 7 heteroatoms. The Morgan fingerprint density at radius 1 is 1.14 bits per heavy atom. The summed E-state index contributed by atoms with van der Waals surface area (Å²) in [6, 6.07) is 10.5. The van der Waals surface area contributed by atoms with E-state index in [1.54, 1.807) is 6.07 Å². The number of carbonyl (C=O) groups excluding carboxylic acids is 2. The van der Waals surface area contributed by atoms with Crippen LogP contribution in [0, 0.1) is 17.6 Å². The minimum Gasteiger partial charge on any atom is -0.324 e. The van der Waals surface area contributed by atoms with Crippen LogP contribution in [0.1, 0.15) is 30.6 Å². The number of amides is 2. The lowest BCUT2D eigenvalue weighted by Crippen LogP contribution is -2.48. The summed E-state index contributed by atoms with van der Waals surface area (Å²) in [5.41, 5.74) is 0.403. The van der Waals surface area contributed by atoms with Crippen molar-refractivity contribution >= 4 is 29.3 Å². The van der Waals surface area contributed by atoms with Gasteiger partial charge in [0.2, 0.25) is 5.91 Å². The van der Waals surface area contributed by atoms with E-state index in [1.165, 1.54) is 59.1 Å². The van der Waals surface area contributed by atoms with Gasteiger partial charge in [0, 0.05) is 11.4 Å². The zero-order valence-corrected chi connectivity index (χ0v) is 16.5. The normalized spacial score (nSPS) is 19.1. The van der Waals surface area contributed by atoms with Crippen LogP contribution in [-0.2, 0) is 4.79 Å². The Labute approximate surface area is 167 Å². The molecule has 0 radical (unpaired) electrons. The van der Waals surface area contributed by atoms with Crippen LogP contribution in [0.3, 0.4) is 0 Å². The van der Waals surface area contributed by atoms with Crippen LogP contribution in [0.4, 0.5) is 14.5 Å². The number of halogens is 2. The lowest BCUT2D eigenvalue weighted by atomic mass is 10.1. The smallest absolute Gasteiger partial charge is 0.258 e. The van der Waals surface area contributed by atoms with E-state index in [1.807, 2.05) is 13.8 Å². The van der Waals surface area contributed by atoms with Crippen LogP contribution in [-0.4, -0.2) is 33.9 Å². The van der Waals surface area contributed by atoms with Crippen LogP contribution in [0.25, 0.3) is 0 Å². The summed E-state index contributed by atoms with van der Waals surface area (Å²) in [6.07, 6.45) is 0.700. The van der Waals surface area contributed by atoms with Gasteiger partial charge in [0.25, 0.3) is 5.91 Å². The fourth-order valence-electron chi connectivity index (χ4n) is 3.16. The molecular weight excluding hydrogens is 382 g/mol. The van der Waals surface area contributed by atoms with Gasteiger partial charge in [0.05, 0.1) is 10.9 Å². The van der Waals surface area contributed by atoms with E-state index in [2.05, 4.69) is 5.32 Å². The highest BCUT2D eigenvalue weighted by molar-refractivity contribution is 8.00. The number of hydrogen-bond acceptors (Lipinski definition) is 3. The van der Waals surface area contributed by atoms with Crippen molar-refractivity contribution in [2.75, 3.05) is 11.1 Å². The van der Waals surface area contributed by atoms with Crippen LogP contribution < -0.4 is 5.32 Å². The molecule has 28 heavy (non-hydrogen) atoms. The molecule has 1 aliphatic rings. The monoisotopic (exact) mass is 404 g/mol. The minimum atomic E-state index is -0.731. The molecule has 2 atom stereocenters. The highest BCUT2D eigenvalue weighted by Crippen LogP contribution is 2.35. The molecule has 2 unspecified atom stereocenters. The van der Waals surface area contributed by atoms with Crippen LogP contribution >= 0.6 is 11.8 Å². The second kappa shape index (κ2) is 8.73. The highest BCUT2D eigenvalue weighted by Gasteiger charge is 2.42. The average molecular weight is 404 g/mol. The van der Waals surface area contributed by atoms with Gasteiger partial charge in [-0.3, -0.25) is 9.59 Å². The first-order chi connectivity index (χ1) is 13.4. The molecule has 1 saturated heterocycles. The van der Waals surface area contributed by atoms with Gasteiger partial charge in [-0.15, -0.1) is 11.8 Å². The standard InChI is InChI=1S/C21H22F2N2O2S/c1-13(2)11-19-25(21(27)16-5-3-4-6-17(16)23)18(12-28-19)20(26)24-15-9-7-14(22)8-10-15/h3-10,13,18-19H,11-12H2,1-2H3,(H,24,26). The fraction of sp³-hybridized carbons (Fsp3) is 0.333. The summed E-state index contributed by atoms with van der Waals surface area (Å²) < 4.78 is 27.3. The van der Waals surface area contributed by atoms with Crippen LogP contribution in [0.15, 0.2) is 48.5 Å². The van der Waals surface area contributed by atoms with E-state index in [0.29, 0.717) is 23.8 Å². The number of nitrogens with zero attached hydrogens (tertiary/aromatic N) is 1. The fourth-order valence-corrected chi connectivity index (χ4v) is 4.80. The average Bonchev–Trinajstić information content (AvgIpc) is 3.06. The Kier molecular flexibility index (Phi) is 6.34. The lowest BCUT2D eigenvalue weighted by Gasteiger charge is -2.30. The topological polar surface area (TPSA) is 49.4 Å². The summed E-state index contributed by atoms with van der Waals surface area (Å²) in [5.74, 6) is -1.13. The van der Waals surface area contributed by atoms with Crippen molar-refractivity contribution in [2.24, 2.45) is 5.92 Å². The number of anilines is 1. The first kappa shape index (κ1) is 20.3. The molecule has 0 bridgehead atoms. The van der Waals surface area contributed by atoms with Gasteiger partial charge in [-0.05, 0) is 48.7 Å². The summed E-state index contributed by atoms with van der Waals surface area (Å²) in [4.78, 5) is 27.5. The van der Waals surface area contributed by atoms with Crippen LogP contribution in [0.5, 0.6) is 0 Å². The first-order valence-corrected chi connectivity index (χ1v) is 10.2. The summed E-state index contributed by atoms with van der Waals surface area (Å²) >= 11 is 1.52. The number of nitrogens with one attached hydrogen (secondary N) is 1. The van der Waals surface area contributed by atoms with Gasteiger partial charge in [0.1, 0.15) is 17.7 Å². The zero-order chi connectivity index (χ0) is 20.3. The SMILES string of the molecule is CC(C)CC1SCC(C(=O)Nc2ccc(F)cc2)N1C(=O)c1ccccc1F. The Morgan fingerprint density at radius 3 is 2.46 bits per heavy atom. The predicted octanol–water partition coefficient (Wildman–Crippen LogP) is 4.53. The van der Waals surface area contributed by atoms with Crippen molar-refractivity contribution in [3.8, 4) is 0 Å². The number of rotatable bonds is 5. The van der Waals surface area contributed by atoms with E-state index in [9.17, 15) is 18.4 Å². The van der Waals surface area contributed by atoms with E-state index in [-0.39, 0.29) is 16.8 Å². The molecule has 0 aromatic heterocycles. The molecule has 1 heterocycles. The molecule has 3 rings (SSSR count). The summed E-state index contributed by atoms with van der Waals surface area (Å²) in [5, 5.41) is 2.52. The van der Waals surface area contributed by atoms with E-state index in [4.69, 9.17) is 0 Å². The molecule has 2 aromatic carbocycles. The van der Waals surface area contributed by atoms with Crippen molar-refractivity contribution in [1.29, 1.82) is 0 Å². The third-order valence-electron chi connectivity index (χ3n) is 4.52. The van der Waals surface area contributed by atoms with Gasteiger partial charge < -0.3 is 10.2 Å². The number of hydrogen-bond donors (Lipinski definition) is 1. The van der Waals surface area contributed by atoms with E-state index >= 15 is 0 Å². The molecule has 0 aliphatic carbocycles. The number of carbonyl (C=O) groups is 2. The van der Waals surface area contributed by atoms with E-state index < -0.39 is 23.6 Å². The molecule has 0 spiro atoms. The Morgan fingerprint density at radius 2 is 1.82 bits per heavy atom. The predicted molar refractivity (Wildman–Crippen MR) is 107 cm³/mol. The zero-order valence-electron chi connectivity index (χ0n) is 15.7. The molecule has 1 fully saturated rings. The second-order valence-corrected chi connectivity index (χ2v) is 8.33. The van der Waals surface area contributed by atoms with Gasteiger partial charge in [-0.2, -0.15) is 0 Å². The van der Waals surface area contributed by atoms with E-state index in [0.717, 1.165) is 0 Å². The first-order valence-electron chi connectivity index (χ1n) is 9.12. The Balaban J connectivity index is 1.86. The highest BCUT2D eigenvalue weighted by atomic mass is 32.2. The van der Waals surface area contributed by atoms with Crippen molar-refractivity contribution < 1.29 is 18.4 Å². The van der Waals surface area contributed by atoms with Crippen molar-refractivity contribution in [1.82, 2.24) is 4.90 Å². The van der Waals surface area contributed by atoms with Crippen molar-refractivity contribution in [3.63, 3.8) is 0 Å². The molecule has 4 nitrogen and oxygen atoms in total. The Bertz CT molecular complexity index is 858. The molecule has 2 amide bonds. The minimum absolute atomic E-state index is 0.0432. The third kappa shape index (κ3) is 4.52. The third-order valence-corrected chi connectivity index (χ3v) is 5.83. The van der Waals surface area contributed by atoms with Gasteiger partial charge >= 0.3 is 0 Å². The second-order valence-electron chi connectivity index (χ2n) is 7.12. The number of benzene rings is 2. The molecule has 148 valence electrons. The summed E-state index contributed by atoms with van der Waals surface area (Å²) in [7, 11) is 0. The lowest BCUT2D eigenvalue weighted by molar-refractivity contribution is -0.119. The van der Waals surface area contributed by atoms with Gasteiger partial charge in [-0.1, -0.05) is 26.0 Å². The van der Waals surface area contributed by atoms with Crippen molar-refractivity contribution in [2.45, 2.75) is 31.7 Å². The number of thioether (sulfide) groups is 1. The molecular formula is C21H22F2N2O2S. The molecule has 1 N–H and O–H groups in total. The summed E-state index contributed by atoms with van der Waals surface area (Å²) in [6.45, 7) is 4.08. The maximum absolute atomic E-state index is 14.2. The molecule has 0 saturated carbocycles. The largest absolute Gasteiger partial charge is 0.324 e.